The van der Waals surface area contributed by atoms with Gasteiger partial charge in [0.25, 0.3) is 0 Å². The lowest BCUT2D eigenvalue weighted by atomic mass is 10.0. The topological polar surface area (TPSA) is 71.1 Å². The van der Waals surface area contributed by atoms with E-state index in [1.807, 2.05) is 33.8 Å². The molecule has 2 fully saturated rings. The maximum atomic E-state index is 12.7. The summed E-state index contributed by atoms with van der Waals surface area (Å²) in [4.78, 5) is 29.1. The van der Waals surface area contributed by atoms with Gasteiger partial charge in [-0.05, 0) is 89.7 Å². The number of rotatable bonds is 4. The highest BCUT2D eigenvalue weighted by atomic mass is 16.6. The van der Waals surface area contributed by atoms with Crippen LogP contribution in [0.1, 0.15) is 65.4 Å². The van der Waals surface area contributed by atoms with Crippen molar-refractivity contribution in [2.75, 3.05) is 31.5 Å². The second kappa shape index (κ2) is 10.4. The summed E-state index contributed by atoms with van der Waals surface area (Å²) in [6.07, 6.45) is 5.84. The van der Waals surface area contributed by atoms with Crippen LogP contribution < -0.4 is 10.1 Å². The number of carbonyl (C=O) groups excluding carboxylic acids is 2. The summed E-state index contributed by atoms with van der Waals surface area (Å²) < 4.78 is 11.0. The average Bonchev–Trinajstić information content (AvgIpc) is 2.74. The predicted octanol–water partition coefficient (Wildman–Crippen LogP) is 5.05. The Bertz CT molecular complexity index is 761. The highest BCUT2D eigenvalue weighted by molar-refractivity contribution is 5.86. The molecule has 0 aromatic heterocycles. The van der Waals surface area contributed by atoms with Crippen LogP contribution in [-0.4, -0.2) is 59.8 Å². The molecule has 0 radical (unpaired) electrons. The Morgan fingerprint density at radius 3 is 2.35 bits per heavy atom. The van der Waals surface area contributed by atoms with Gasteiger partial charge in [-0.2, -0.15) is 0 Å². The van der Waals surface area contributed by atoms with E-state index in [9.17, 15) is 9.59 Å². The Kier molecular flexibility index (Phi) is 7.81. The van der Waals surface area contributed by atoms with Crippen LogP contribution in [0.25, 0.3) is 0 Å². The van der Waals surface area contributed by atoms with Crippen molar-refractivity contribution >= 4 is 17.9 Å². The smallest absolute Gasteiger partial charge is 0.415 e. The van der Waals surface area contributed by atoms with Crippen molar-refractivity contribution in [3.8, 4) is 5.75 Å². The average molecular weight is 432 g/mol. The van der Waals surface area contributed by atoms with E-state index in [-0.39, 0.29) is 6.09 Å². The van der Waals surface area contributed by atoms with Crippen LogP contribution >= 0.6 is 0 Å². The quantitative estimate of drug-likeness (QED) is 0.723. The number of aryl methyl sites for hydroxylation is 1. The molecule has 2 aliphatic rings. The number of benzene rings is 1. The number of hydrogen-bond acceptors (Lipinski definition) is 5. The van der Waals surface area contributed by atoms with Gasteiger partial charge in [0.2, 0.25) is 0 Å². The lowest BCUT2D eigenvalue weighted by molar-refractivity contribution is 0.0635. The van der Waals surface area contributed by atoms with E-state index in [1.54, 1.807) is 17.0 Å². The van der Waals surface area contributed by atoms with Crippen LogP contribution in [0, 0.1) is 0 Å². The van der Waals surface area contributed by atoms with Gasteiger partial charge in [-0.3, -0.25) is 5.32 Å². The van der Waals surface area contributed by atoms with Gasteiger partial charge in [0.1, 0.15) is 11.4 Å². The van der Waals surface area contributed by atoms with E-state index < -0.39 is 11.7 Å². The Balaban J connectivity index is 1.53. The Morgan fingerprint density at radius 1 is 1.06 bits per heavy atom. The number of likely N-dealkylation sites (tertiary alicyclic amines) is 2. The maximum Gasteiger partial charge on any atom is 0.415 e. The molecule has 0 spiro atoms. The van der Waals surface area contributed by atoms with Crippen LogP contribution in [0.4, 0.5) is 15.3 Å². The minimum Gasteiger partial charge on any atom is -0.444 e. The molecule has 2 aliphatic heterocycles. The van der Waals surface area contributed by atoms with E-state index in [1.165, 1.54) is 32.4 Å². The van der Waals surface area contributed by atoms with Crippen molar-refractivity contribution in [3.05, 3.63) is 23.8 Å². The van der Waals surface area contributed by atoms with Crippen molar-refractivity contribution < 1.29 is 19.1 Å². The van der Waals surface area contributed by atoms with Crippen molar-refractivity contribution in [2.45, 2.75) is 77.9 Å². The van der Waals surface area contributed by atoms with Gasteiger partial charge in [-0.25, -0.2) is 9.59 Å². The monoisotopic (exact) mass is 431 g/mol. The summed E-state index contributed by atoms with van der Waals surface area (Å²) in [5.41, 5.74) is 0.992. The zero-order chi connectivity index (χ0) is 22.4. The Morgan fingerprint density at radius 2 is 1.74 bits per heavy atom. The Labute approximate surface area is 186 Å². The molecule has 0 bridgehead atoms. The molecule has 31 heavy (non-hydrogen) atoms. The fourth-order valence-electron chi connectivity index (χ4n) is 4.32. The fourth-order valence-corrected chi connectivity index (χ4v) is 4.32. The number of nitrogens with one attached hydrogen (secondary N) is 1. The van der Waals surface area contributed by atoms with E-state index in [4.69, 9.17) is 9.47 Å². The van der Waals surface area contributed by atoms with Gasteiger partial charge in [0.15, 0.2) is 0 Å². The highest BCUT2D eigenvalue weighted by Gasteiger charge is 2.28. The van der Waals surface area contributed by atoms with Crippen LogP contribution in [-0.2, 0) is 11.2 Å². The first-order valence-corrected chi connectivity index (χ1v) is 11.6. The van der Waals surface area contributed by atoms with Crippen LogP contribution in [0.15, 0.2) is 18.2 Å². The summed E-state index contributed by atoms with van der Waals surface area (Å²) in [6, 6.07) is 5.87. The molecule has 0 saturated carbocycles. The highest BCUT2D eigenvalue weighted by Crippen LogP contribution is 2.25. The molecule has 1 N–H and O–H groups in total. The van der Waals surface area contributed by atoms with Crippen molar-refractivity contribution in [1.29, 1.82) is 0 Å². The third kappa shape index (κ3) is 6.86. The van der Waals surface area contributed by atoms with Gasteiger partial charge < -0.3 is 19.3 Å². The Hall–Kier alpha value is -2.28. The SMILES string of the molecule is CCc1cc(OC(=O)N2CCC(N3CCCCC3)CC2)ccc1NC(=O)OC(C)(C)C. The molecule has 2 heterocycles. The summed E-state index contributed by atoms with van der Waals surface area (Å²) in [5.74, 6) is 0.495. The lowest BCUT2D eigenvalue weighted by Gasteiger charge is -2.39. The minimum absolute atomic E-state index is 0.299. The van der Waals surface area contributed by atoms with E-state index in [0.29, 0.717) is 23.9 Å². The number of nitrogens with zero attached hydrogens (tertiary/aromatic N) is 2. The van der Waals surface area contributed by atoms with Crippen molar-refractivity contribution in [1.82, 2.24) is 9.80 Å². The molecule has 7 heteroatoms. The third-order valence-electron chi connectivity index (χ3n) is 5.93. The molecule has 0 unspecified atom stereocenters. The van der Waals surface area contributed by atoms with Crippen molar-refractivity contribution in [3.63, 3.8) is 0 Å². The summed E-state index contributed by atoms with van der Waals surface area (Å²) >= 11 is 0. The van der Waals surface area contributed by atoms with Gasteiger partial charge in [-0.15, -0.1) is 0 Å². The molecular formula is C24H37N3O4. The molecule has 0 atom stereocenters. The predicted molar refractivity (Wildman–Crippen MR) is 122 cm³/mol. The maximum absolute atomic E-state index is 12.7. The van der Waals surface area contributed by atoms with Gasteiger partial charge >= 0.3 is 12.2 Å². The molecule has 1 aromatic carbocycles. The minimum atomic E-state index is -0.562. The first-order valence-electron chi connectivity index (χ1n) is 11.6. The van der Waals surface area contributed by atoms with E-state index >= 15 is 0 Å². The number of hydrogen-bond donors (Lipinski definition) is 1. The zero-order valence-electron chi connectivity index (χ0n) is 19.4. The number of ether oxygens (including phenoxy) is 2. The van der Waals surface area contributed by atoms with Crippen LogP contribution in [0.2, 0.25) is 0 Å². The number of amides is 2. The number of anilines is 1. The standard InChI is InChI=1S/C24H37N3O4/c1-5-18-17-20(9-10-21(18)25-22(28)31-24(2,3)4)30-23(29)27-15-11-19(12-16-27)26-13-7-6-8-14-26/h9-10,17,19H,5-8,11-16H2,1-4H3,(H,25,28). The summed E-state index contributed by atoms with van der Waals surface area (Å²) in [7, 11) is 0. The molecule has 2 saturated heterocycles. The first-order chi connectivity index (χ1) is 14.7. The number of piperidine rings is 2. The second-order valence-corrected chi connectivity index (χ2v) is 9.48. The molecular weight excluding hydrogens is 394 g/mol. The van der Waals surface area contributed by atoms with Gasteiger partial charge in [0.05, 0.1) is 0 Å². The van der Waals surface area contributed by atoms with E-state index in [0.717, 1.165) is 31.5 Å². The van der Waals surface area contributed by atoms with Crippen molar-refractivity contribution in [2.24, 2.45) is 0 Å². The largest absolute Gasteiger partial charge is 0.444 e. The van der Waals surface area contributed by atoms with Crippen LogP contribution in [0.3, 0.4) is 0 Å². The first kappa shape index (κ1) is 23.4. The van der Waals surface area contributed by atoms with Crippen LogP contribution in [0.5, 0.6) is 5.75 Å². The summed E-state index contributed by atoms with van der Waals surface area (Å²) in [5, 5.41) is 2.78. The summed E-state index contributed by atoms with van der Waals surface area (Å²) in [6.45, 7) is 11.3. The molecule has 172 valence electrons. The van der Waals surface area contributed by atoms with Gasteiger partial charge in [-0.1, -0.05) is 13.3 Å². The lowest BCUT2D eigenvalue weighted by Crippen LogP contribution is -2.48. The van der Waals surface area contributed by atoms with Gasteiger partial charge in [0, 0.05) is 24.8 Å². The molecule has 2 amide bonds. The molecule has 3 rings (SSSR count). The third-order valence-corrected chi connectivity index (χ3v) is 5.93. The van der Waals surface area contributed by atoms with E-state index in [2.05, 4.69) is 10.2 Å². The zero-order valence-corrected chi connectivity index (χ0v) is 19.4. The fraction of sp³-hybridized carbons (Fsp3) is 0.667. The molecule has 7 nitrogen and oxygen atoms in total. The number of carbonyl (C=O) groups is 2. The normalized spacial score (nSPS) is 18.5. The molecule has 1 aromatic rings. The second-order valence-electron chi connectivity index (χ2n) is 9.48. The molecule has 0 aliphatic carbocycles.